The summed E-state index contributed by atoms with van der Waals surface area (Å²) >= 11 is 0. The van der Waals surface area contributed by atoms with E-state index in [1.807, 2.05) is 0 Å². The van der Waals surface area contributed by atoms with Gasteiger partial charge in [-0.15, -0.1) is 0 Å². The second-order valence-electron chi connectivity index (χ2n) is 2.83. The Morgan fingerprint density at radius 2 is 0.750 bits per heavy atom. The molecule has 1 unspecified atom stereocenters. The summed E-state index contributed by atoms with van der Waals surface area (Å²) in [7, 11) is 0. The summed E-state index contributed by atoms with van der Waals surface area (Å²) < 4.78 is 0. The van der Waals surface area contributed by atoms with E-state index in [0.717, 1.165) is 27.7 Å². The van der Waals surface area contributed by atoms with Crippen LogP contribution in [0.15, 0.2) is 0 Å². The maximum Gasteiger partial charge on any atom is 0.300 e. The molecule has 17 N–H and O–H groups in total. The van der Waals surface area contributed by atoms with E-state index in [4.69, 9.17) is 49.8 Å². The quantitative estimate of drug-likeness (QED) is 0.251. The molecule has 0 aromatic heterocycles. The highest BCUT2D eigenvalue weighted by molar-refractivity contribution is 5.63. The van der Waals surface area contributed by atoms with Crippen LogP contribution in [0.3, 0.4) is 0 Å². The molecule has 0 aliphatic heterocycles. The molecule has 0 aromatic rings. The molecule has 0 radical (unpaired) electrons. The summed E-state index contributed by atoms with van der Waals surface area (Å²) in [5.74, 6) is -3.33. The minimum Gasteiger partial charge on any atom is -0.481 e. The van der Waals surface area contributed by atoms with Crippen molar-refractivity contribution in [1.82, 2.24) is 18.5 Å². The van der Waals surface area contributed by atoms with Gasteiger partial charge in [0.2, 0.25) is 0 Å². The lowest BCUT2D eigenvalue weighted by Crippen LogP contribution is -2.22. The highest BCUT2D eigenvalue weighted by atomic mass is 16.4. The van der Waals surface area contributed by atoms with E-state index in [1.54, 1.807) is 0 Å². The van der Waals surface area contributed by atoms with Gasteiger partial charge in [0, 0.05) is 27.7 Å². The number of carboxylic acids is 4. The number of nitrogens with two attached hydrogens (primary N) is 1. The van der Waals surface area contributed by atoms with Crippen molar-refractivity contribution >= 4 is 23.9 Å². The van der Waals surface area contributed by atoms with E-state index in [-0.39, 0.29) is 25.1 Å². The maximum absolute atomic E-state index is 9.00. The van der Waals surface area contributed by atoms with E-state index in [2.05, 4.69) is 5.73 Å². The summed E-state index contributed by atoms with van der Waals surface area (Å²) in [4.78, 5) is 36.0. The smallest absolute Gasteiger partial charge is 0.300 e. The molecule has 152 valence electrons. The number of hydrogen-bond acceptors (Lipinski definition) is 10. The molecule has 0 bridgehead atoms. The summed E-state index contributed by atoms with van der Waals surface area (Å²) in [5.41, 5.74) is 4.60. The normalized spacial score (nSPS) is 7.29. The van der Waals surface area contributed by atoms with Crippen LogP contribution < -0.4 is 24.2 Å². The summed E-state index contributed by atoms with van der Waals surface area (Å²) in [5, 5.41) is 45.3. The maximum atomic E-state index is 9.00. The van der Waals surface area contributed by atoms with Gasteiger partial charge >= 0.3 is 0 Å². The molecular weight excluding hydrogens is 336 g/mol. The van der Waals surface area contributed by atoms with Crippen molar-refractivity contribution in [3.05, 3.63) is 0 Å². The number of carboxylic acid groups (broad SMARTS) is 4. The number of hydrogen-bond donors (Lipinski definition) is 10. The van der Waals surface area contributed by atoms with Crippen molar-refractivity contribution in [3.63, 3.8) is 0 Å². The van der Waals surface area contributed by atoms with Crippen molar-refractivity contribution in [1.29, 1.82) is 0 Å². The van der Waals surface area contributed by atoms with Gasteiger partial charge in [-0.2, -0.15) is 0 Å². The molecule has 14 heteroatoms. The van der Waals surface area contributed by atoms with Crippen molar-refractivity contribution in [2.24, 2.45) is 5.73 Å². The molecule has 0 aromatic carbocycles. The Morgan fingerprint density at radius 1 is 0.708 bits per heavy atom. The third kappa shape index (κ3) is 52700. The average Bonchev–Trinajstić information content (AvgIpc) is 2.13. The van der Waals surface area contributed by atoms with E-state index in [9.17, 15) is 0 Å². The van der Waals surface area contributed by atoms with Gasteiger partial charge in [0.25, 0.3) is 23.9 Å². The van der Waals surface area contributed by atoms with Crippen LogP contribution in [0.2, 0.25) is 0 Å². The molecule has 24 heavy (non-hydrogen) atoms. The molecule has 0 rings (SSSR count). The molecular formula is C10H32N4O10. The monoisotopic (exact) mass is 368 g/mol. The predicted octanol–water partition coefficient (Wildman–Crippen LogP) is -0.895. The van der Waals surface area contributed by atoms with Gasteiger partial charge in [0.05, 0.1) is 6.61 Å². The van der Waals surface area contributed by atoms with Crippen molar-refractivity contribution < 1.29 is 49.8 Å². The Bertz CT molecular complexity index is 223. The average molecular weight is 368 g/mol. The van der Waals surface area contributed by atoms with Gasteiger partial charge in [-0.1, -0.05) is 0 Å². The van der Waals surface area contributed by atoms with Gasteiger partial charge in [-0.05, 0) is 0 Å². The molecule has 1 atom stereocenters. The molecule has 0 spiro atoms. The van der Waals surface area contributed by atoms with Gasteiger partial charge < -0.3 is 54.8 Å². The van der Waals surface area contributed by atoms with Crippen LogP contribution in [0, 0.1) is 0 Å². The second kappa shape index (κ2) is 42.8. The third-order valence-electron chi connectivity index (χ3n) is 0.187. The lowest BCUT2D eigenvalue weighted by Gasteiger charge is -1.91. The number of carbonyl (C=O) groups is 4. The van der Waals surface area contributed by atoms with E-state index < -0.39 is 30.1 Å². The predicted molar refractivity (Wildman–Crippen MR) is 85.6 cm³/mol. The van der Waals surface area contributed by atoms with Crippen molar-refractivity contribution in [2.75, 3.05) is 6.61 Å². The molecule has 0 aliphatic rings. The molecule has 0 heterocycles. The third-order valence-corrected chi connectivity index (χ3v) is 0.187. The molecule has 0 saturated carbocycles. The second-order valence-corrected chi connectivity index (χ2v) is 2.83. The van der Waals surface area contributed by atoms with E-state index in [1.165, 1.54) is 0 Å². The number of aliphatic carboxylic acids is 4. The fraction of sp³-hybridized carbons (Fsp3) is 0.600. The first-order valence-corrected chi connectivity index (χ1v) is 5.03. The topological polar surface area (TPSA) is 321 Å². The molecule has 14 nitrogen and oxygen atoms in total. The summed E-state index contributed by atoms with van der Waals surface area (Å²) in [6.45, 7) is 3.97. The Balaban J connectivity index is -0.0000000216. The van der Waals surface area contributed by atoms with Gasteiger partial charge in [0.15, 0.2) is 0 Å². The molecule has 0 amide bonds. The summed E-state index contributed by atoms with van der Waals surface area (Å²) in [6.07, 6.45) is -1.06. The van der Waals surface area contributed by atoms with Crippen LogP contribution in [0.1, 0.15) is 27.7 Å². The largest absolute Gasteiger partial charge is 0.481 e. The highest BCUT2D eigenvalue weighted by Crippen LogP contribution is 1.55. The van der Waals surface area contributed by atoms with Crippen LogP contribution in [0.25, 0.3) is 0 Å². The first kappa shape index (κ1) is 49.6. The van der Waals surface area contributed by atoms with Crippen LogP contribution in [-0.2, 0) is 19.2 Å². The minimum absolute atomic E-state index is 0. The summed E-state index contributed by atoms with van der Waals surface area (Å²) in [6, 6.07) is 0. The van der Waals surface area contributed by atoms with Gasteiger partial charge in [-0.25, -0.2) is 0 Å². The van der Waals surface area contributed by atoms with Crippen LogP contribution in [0.5, 0.6) is 0 Å². The first-order valence-electron chi connectivity index (χ1n) is 5.03. The van der Waals surface area contributed by atoms with E-state index >= 15 is 0 Å². The number of aliphatic hydroxyl groups excluding tert-OH is 2. The minimum atomic E-state index is -1.06. The Kier molecular flexibility index (Phi) is 88.3. The molecule has 0 aliphatic carbocycles. The lowest BCUT2D eigenvalue weighted by molar-refractivity contribution is -0.135. The van der Waals surface area contributed by atoms with Gasteiger partial charge in [-0.3, -0.25) is 19.2 Å². The van der Waals surface area contributed by atoms with E-state index in [0.29, 0.717) is 0 Å². The Labute approximate surface area is 139 Å². The fourth-order valence-corrected chi connectivity index (χ4v) is 0. The zero-order valence-electron chi connectivity index (χ0n) is 14.3. The Morgan fingerprint density at radius 3 is 0.750 bits per heavy atom. The zero-order chi connectivity index (χ0) is 18.6. The molecule has 0 saturated heterocycles. The first-order chi connectivity index (χ1) is 9.20. The number of aliphatic hydroxyl groups is 2. The van der Waals surface area contributed by atoms with Crippen molar-refractivity contribution in [3.8, 4) is 0 Å². The van der Waals surface area contributed by atoms with Crippen LogP contribution in [0.4, 0.5) is 0 Å². The SMILES string of the molecule is CC(=O)O.CC(=O)O.CC(=O)O.CC(=O)O.N.N.N.NC(O)CO. The van der Waals surface area contributed by atoms with Gasteiger partial charge in [0.1, 0.15) is 6.23 Å². The van der Waals surface area contributed by atoms with Crippen molar-refractivity contribution in [2.45, 2.75) is 33.9 Å². The lowest BCUT2D eigenvalue weighted by atomic mass is 10.7. The van der Waals surface area contributed by atoms with Crippen LogP contribution >= 0.6 is 0 Å². The fourth-order valence-electron chi connectivity index (χ4n) is 0. The van der Waals surface area contributed by atoms with Crippen LogP contribution in [-0.4, -0.2) is 67.4 Å². The number of rotatable bonds is 1. The highest BCUT2D eigenvalue weighted by Gasteiger charge is 1.83. The Hall–Kier alpha value is -2.36. The zero-order valence-corrected chi connectivity index (χ0v) is 14.3. The standard InChI is InChI=1S/C2H7NO2.4C2H4O2.3H3N/c3-2(5)1-4;4*1-2(3)4;;;/h2,4-5H,1,3H2;4*1H3,(H,3,4);3*1H3. The molecule has 0 fully saturated rings.